The minimum Gasteiger partial charge on any atom is -0.480 e. The van der Waals surface area contributed by atoms with E-state index < -0.39 is 24.4 Å². The summed E-state index contributed by atoms with van der Waals surface area (Å²) in [5.41, 5.74) is 5.48. The van der Waals surface area contributed by atoms with Gasteiger partial charge in [-0.3, -0.25) is 10.1 Å². The Kier molecular flexibility index (Phi) is 4.44. The molecule has 4 N–H and O–H groups in total. The first-order valence-corrected chi connectivity index (χ1v) is 4.99. The molecule has 1 aliphatic heterocycles. The van der Waals surface area contributed by atoms with Gasteiger partial charge in [0.05, 0.1) is 6.61 Å². The maximum atomic E-state index is 13.2. The number of hydrogen-bond donors (Lipinski definition) is 3. The maximum Gasteiger partial charge on any atom is 0.320 e. The number of carboxylic acid groups (broad SMARTS) is 1. The number of carbonyl (C=O) groups is 1. The molecule has 0 radical (unpaired) electrons. The molecule has 88 valence electrons. The van der Waals surface area contributed by atoms with Gasteiger partial charge in [0, 0.05) is 18.9 Å². The highest BCUT2D eigenvalue weighted by molar-refractivity contribution is 5.73. The largest absolute Gasteiger partial charge is 0.480 e. The zero-order chi connectivity index (χ0) is 11.4. The van der Waals surface area contributed by atoms with Crippen molar-refractivity contribution in [1.82, 2.24) is 5.32 Å². The van der Waals surface area contributed by atoms with Gasteiger partial charge in [-0.15, -0.1) is 0 Å². The van der Waals surface area contributed by atoms with Gasteiger partial charge in [0.25, 0.3) is 0 Å². The molecule has 1 saturated heterocycles. The third-order valence-corrected chi connectivity index (χ3v) is 2.21. The molecule has 1 fully saturated rings. The van der Waals surface area contributed by atoms with E-state index in [9.17, 15) is 9.18 Å². The van der Waals surface area contributed by atoms with Crippen molar-refractivity contribution in [2.75, 3.05) is 6.61 Å². The van der Waals surface area contributed by atoms with E-state index in [0.717, 1.165) is 0 Å². The van der Waals surface area contributed by atoms with Crippen molar-refractivity contribution in [3.63, 3.8) is 0 Å². The Morgan fingerprint density at radius 1 is 1.73 bits per heavy atom. The second-order valence-corrected chi connectivity index (χ2v) is 3.93. The van der Waals surface area contributed by atoms with Crippen molar-refractivity contribution in [3.05, 3.63) is 0 Å². The molecule has 0 aromatic rings. The summed E-state index contributed by atoms with van der Waals surface area (Å²) < 4.78 is 18.4. The highest BCUT2D eigenvalue weighted by atomic mass is 19.1. The SMILES string of the molecule is CC(N)COC1CC(F)CC(C(=O)O)N1. The molecule has 0 spiro atoms. The summed E-state index contributed by atoms with van der Waals surface area (Å²) in [6.45, 7) is 2.06. The summed E-state index contributed by atoms with van der Waals surface area (Å²) in [6, 6.07) is -1.01. The summed E-state index contributed by atoms with van der Waals surface area (Å²) >= 11 is 0. The van der Waals surface area contributed by atoms with E-state index in [2.05, 4.69) is 5.32 Å². The number of ether oxygens (including phenoxy) is 1. The minimum atomic E-state index is -1.13. The molecule has 0 aromatic carbocycles. The van der Waals surface area contributed by atoms with Crippen LogP contribution in [0, 0.1) is 0 Å². The third-order valence-electron chi connectivity index (χ3n) is 2.21. The van der Waals surface area contributed by atoms with Crippen LogP contribution >= 0.6 is 0 Å². The van der Waals surface area contributed by atoms with Crippen molar-refractivity contribution >= 4 is 5.97 Å². The van der Waals surface area contributed by atoms with Gasteiger partial charge in [-0.1, -0.05) is 0 Å². The molecule has 5 nitrogen and oxygen atoms in total. The fourth-order valence-electron chi connectivity index (χ4n) is 1.50. The molecule has 0 aromatic heterocycles. The average molecular weight is 220 g/mol. The molecular formula is C9H17FN2O3. The molecule has 0 bridgehead atoms. The van der Waals surface area contributed by atoms with Gasteiger partial charge in [-0.2, -0.15) is 0 Å². The van der Waals surface area contributed by atoms with E-state index in [0.29, 0.717) is 0 Å². The number of alkyl halides is 1. The molecule has 0 amide bonds. The van der Waals surface area contributed by atoms with E-state index in [1.54, 1.807) is 6.92 Å². The van der Waals surface area contributed by atoms with Crippen LogP contribution in [0.4, 0.5) is 4.39 Å². The minimum absolute atomic E-state index is 0.00658. The van der Waals surface area contributed by atoms with Gasteiger partial charge in [0.15, 0.2) is 0 Å². The number of carboxylic acids is 1. The monoisotopic (exact) mass is 220 g/mol. The summed E-state index contributed by atoms with van der Waals surface area (Å²) in [5.74, 6) is -1.05. The number of nitrogens with one attached hydrogen (secondary N) is 1. The fourth-order valence-corrected chi connectivity index (χ4v) is 1.50. The van der Waals surface area contributed by atoms with E-state index >= 15 is 0 Å². The Balaban J connectivity index is 2.41. The molecular weight excluding hydrogens is 203 g/mol. The van der Waals surface area contributed by atoms with Crippen LogP contribution in [-0.4, -0.2) is 42.2 Å². The Bertz CT molecular complexity index is 225. The fraction of sp³-hybridized carbons (Fsp3) is 0.889. The first-order valence-electron chi connectivity index (χ1n) is 4.99. The standard InChI is InChI=1S/C9H17FN2O3/c1-5(11)4-15-8-3-6(10)2-7(12-8)9(13)14/h5-8,12H,2-4,11H2,1H3,(H,13,14). The number of aliphatic carboxylic acids is 1. The number of hydrogen-bond acceptors (Lipinski definition) is 4. The molecule has 0 saturated carbocycles. The molecule has 4 atom stereocenters. The lowest BCUT2D eigenvalue weighted by Gasteiger charge is -2.31. The highest BCUT2D eigenvalue weighted by Crippen LogP contribution is 2.17. The lowest BCUT2D eigenvalue weighted by atomic mass is 10.0. The van der Waals surface area contributed by atoms with Crippen LogP contribution in [-0.2, 0) is 9.53 Å². The second kappa shape index (κ2) is 5.39. The number of halogens is 1. The first kappa shape index (κ1) is 12.4. The molecule has 0 aliphatic carbocycles. The predicted octanol–water partition coefficient (Wildman–Crippen LogP) is -0.149. The van der Waals surface area contributed by atoms with Crippen LogP contribution in [0.25, 0.3) is 0 Å². The smallest absolute Gasteiger partial charge is 0.320 e. The van der Waals surface area contributed by atoms with Crippen LogP contribution in [0.15, 0.2) is 0 Å². The van der Waals surface area contributed by atoms with E-state index in [4.69, 9.17) is 15.6 Å². The lowest BCUT2D eigenvalue weighted by molar-refractivity contribution is -0.144. The zero-order valence-corrected chi connectivity index (χ0v) is 8.65. The van der Waals surface area contributed by atoms with Gasteiger partial charge in [0.1, 0.15) is 18.4 Å². The van der Waals surface area contributed by atoms with Crippen molar-refractivity contribution in [3.8, 4) is 0 Å². The molecule has 4 unspecified atom stereocenters. The lowest BCUT2D eigenvalue weighted by Crippen LogP contribution is -2.52. The van der Waals surface area contributed by atoms with Gasteiger partial charge < -0.3 is 15.6 Å². The van der Waals surface area contributed by atoms with E-state index in [1.807, 2.05) is 0 Å². The van der Waals surface area contributed by atoms with E-state index in [1.165, 1.54) is 0 Å². The van der Waals surface area contributed by atoms with Gasteiger partial charge in [-0.25, -0.2) is 4.39 Å². The molecule has 6 heteroatoms. The topological polar surface area (TPSA) is 84.6 Å². The van der Waals surface area contributed by atoms with Gasteiger partial charge >= 0.3 is 5.97 Å². The van der Waals surface area contributed by atoms with E-state index in [-0.39, 0.29) is 25.5 Å². The zero-order valence-electron chi connectivity index (χ0n) is 8.65. The molecule has 1 heterocycles. The quantitative estimate of drug-likeness (QED) is 0.613. The number of piperidine rings is 1. The van der Waals surface area contributed by atoms with Gasteiger partial charge in [-0.05, 0) is 6.92 Å². The average Bonchev–Trinajstić information content (AvgIpc) is 2.13. The van der Waals surface area contributed by atoms with Crippen LogP contribution in [0.2, 0.25) is 0 Å². The Hall–Kier alpha value is -0.720. The Labute approximate surface area is 87.8 Å². The highest BCUT2D eigenvalue weighted by Gasteiger charge is 2.32. The first-order chi connectivity index (χ1) is 6.99. The maximum absolute atomic E-state index is 13.2. The molecule has 1 rings (SSSR count). The summed E-state index contributed by atoms with van der Waals surface area (Å²) in [6.07, 6.45) is -1.52. The third kappa shape index (κ3) is 4.11. The number of nitrogens with two attached hydrogens (primary N) is 1. The normalized spacial score (nSPS) is 33.7. The van der Waals surface area contributed by atoms with Crippen molar-refractivity contribution in [2.45, 2.75) is 44.2 Å². The molecule has 15 heavy (non-hydrogen) atoms. The van der Waals surface area contributed by atoms with Crippen LogP contribution in [0.5, 0.6) is 0 Å². The summed E-state index contributed by atoms with van der Waals surface area (Å²) in [4.78, 5) is 10.7. The van der Waals surface area contributed by atoms with Crippen molar-refractivity contribution < 1.29 is 19.0 Å². The van der Waals surface area contributed by atoms with Gasteiger partial charge in [0.2, 0.25) is 0 Å². The number of rotatable bonds is 4. The van der Waals surface area contributed by atoms with Crippen LogP contribution in [0.1, 0.15) is 19.8 Å². The Morgan fingerprint density at radius 3 is 2.93 bits per heavy atom. The summed E-state index contributed by atoms with van der Waals surface area (Å²) in [7, 11) is 0. The summed E-state index contributed by atoms with van der Waals surface area (Å²) in [5, 5.41) is 11.5. The van der Waals surface area contributed by atoms with Crippen LogP contribution in [0.3, 0.4) is 0 Å². The predicted molar refractivity (Wildman–Crippen MR) is 52.1 cm³/mol. The molecule has 1 aliphatic rings. The Morgan fingerprint density at radius 2 is 2.40 bits per heavy atom. The van der Waals surface area contributed by atoms with Crippen LogP contribution < -0.4 is 11.1 Å². The van der Waals surface area contributed by atoms with Crippen molar-refractivity contribution in [2.24, 2.45) is 5.73 Å². The second-order valence-electron chi connectivity index (χ2n) is 3.93. The van der Waals surface area contributed by atoms with Crippen molar-refractivity contribution in [1.29, 1.82) is 0 Å².